The van der Waals surface area contributed by atoms with Crippen LogP contribution in [0.4, 0.5) is 11.4 Å². The average Bonchev–Trinajstić information content (AvgIpc) is 2.93. The van der Waals surface area contributed by atoms with Crippen LogP contribution in [0.25, 0.3) is 6.08 Å². The van der Waals surface area contributed by atoms with Gasteiger partial charge in [0.15, 0.2) is 0 Å². The zero-order valence-corrected chi connectivity index (χ0v) is 19.8. The number of rotatable bonds is 3. The summed E-state index contributed by atoms with van der Waals surface area (Å²) in [6, 6.07) is 11.8. The monoisotopic (exact) mass is 440 g/mol. The molecule has 4 nitrogen and oxygen atoms in total. The van der Waals surface area contributed by atoms with Gasteiger partial charge in [0.25, 0.3) is 5.91 Å². The van der Waals surface area contributed by atoms with Crippen LogP contribution >= 0.6 is 24.0 Å². The molecule has 158 valence electrons. The third-order valence-electron chi connectivity index (χ3n) is 4.94. The predicted octanol–water partition coefficient (Wildman–Crippen LogP) is 6.22. The Hall–Kier alpha value is -2.31. The van der Waals surface area contributed by atoms with Crippen LogP contribution < -0.4 is 10.6 Å². The van der Waals surface area contributed by atoms with Crippen molar-refractivity contribution in [3.63, 3.8) is 0 Å². The standard InChI is InChI=1S/C24H28N2O2S2/c1-23(2,3)15-12-16(24(4,5)6)20(27)18(13-15)25-17-10-8-7-9-14(17)11-19-21(28)26-22(29)30-19/h7-13,25,27H,1-6H3,(H,26,28,29). The first-order valence-corrected chi connectivity index (χ1v) is 11.1. The van der Waals surface area contributed by atoms with Crippen LogP contribution in [0.5, 0.6) is 5.75 Å². The number of carbonyl (C=O) groups is 1. The van der Waals surface area contributed by atoms with Gasteiger partial charge in [-0.2, -0.15) is 0 Å². The third-order valence-corrected chi connectivity index (χ3v) is 6.11. The number of thiocarbonyl (C=S) groups is 1. The zero-order chi connectivity index (χ0) is 22.3. The first-order valence-electron chi connectivity index (χ1n) is 9.85. The van der Waals surface area contributed by atoms with E-state index in [0.717, 1.165) is 22.4 Å². The number of hydrogen-bond donors (Lipinski definition) is 3. The number of aromatic hydroxyl groups is 1. The lowest BCUT2D eigenvalue weighted by molar-refractivity contribution is -0.115. The van der Waals surface area contributed by atoms with Crippen LogP contribution in [0.1, 0.15) is 58.2 Å². The van der Waals surface area contributed by atoms with Crippen LogP contribution in [0, 0.1) is 0 Å². The molecule has 1 aliphatic rings. The molecule has 0 unspecified atom stereocenters. The van der Waals surface area contributed by atoms with E-state index in [1.54, 1.807) is 0 Å². The molecule has 0 spiro atoms. The van der Waals surface area contributed by atoms with Crippen LogP contribution in [0.2, 0.25) is 0 Å². The second-order valence-corrected chi connectivity index (χ2v) is 11.2. The fourth-order valence-electron chi connectivity index (χ4n) is 3.18. The van der Waals surface area contributed by atoms with Gasteiger partial charge < -0.3 is 15.7 Å². The number of nitrogens with one attached hydrogen (secondary N) is 2. The number of anilines is 2. The Labute approximate surface area is 188 Å². The minimum Gasteiger partial charge on any atom is -0.505 e. The van der Waals surface area contributed by atoms with Crippen molar-refractivity contribution in [3.8, 4) is 5.75 Å². The zero-order valence-electron chi connectivity index (χ0n) is 18.2. The summed E-state index contributed by atoms with van der Waals surface area (Å²) in [5.74, 6) is 0.0551. The molecular formula is C24H28N2O2S2. The normalized spacial score (nSPS) is 16.1. The number of amides is 1. The van der Waals surface area contributed by atoms with Gasteiger partial charge in [0.05, 0.1) is 10.6 Å². The maximum atomic E-state index is 12.1. The molecule has 30 heavy (non-hydrogen) atoms. The summed E-state index contributed by atoms with van der Waals surface area (Å²) in [4.78, 5) is 12.6. The molecule has 1 fully saturated rings. The first kappa shape index (κ1) is 22.4. The molecule has 1 heterocycles. The second-order valence-electron chi connectivity index (χ2n) is 9.48. The number of benzene rings is 2. The molecule has 6 heteroatoms. The van der Waals surface area contributed by atoms with E-state index in [4.69, 9.17) is 12.2 Å². The molecule has 1 aliphatic heterocycles. The minimum absolute atomic E-state index is 0.0695. The van der Waals surface area contributed by atoms with Gasteiger partial charge in [-0.1, -0.05) is 89.8 Å². The van der Waals surface area contributed by atoms with E-state index < -0.39 is 0 Å². The maximum absolute atomic E-state index is 12.1. The second kappa shape index (κ2) is 8.08. The Kier molecular flexibility index (Phi) is 6.03. The van der Waals surface area contributed by atoms with E-state index in [0.29, 0.717) is 14.9 Å². The SMILES string of the molecule is CC(C)(C)c1cc(Nc2ccccc2C=C2SC(=S)NC2=O)c(O)c(C(C)(C)C)c1. The van der Waals surface area contributed by atoms with Gasteiger partial charge in [-0.15, -0.1) is 0 Å². The van der Waals surface area contributed by atoms with Gasteiger partial charge in [-0.3, -0.25) is 4.79 Å². The lowest BCUT2D eigenvalue weighted by Crippen LogP contribution is -2.17. The van der Waals surface area contributed by atoms with Gasteiger partial charge in [0, 0.05) is 11.3 Å². The summed E-state index contributed by atoms with van der Waals surface area (Å²) in [5, 5.41) is 17.1. The fourth-order valence-corrected chi connectivity index (χ4v) is 4.21. The molecule has 3 N–H and O–H groups in total. The predicted molar refractivity (Wildman–Crippen MR) is 132 cm³/mol. The highest BCUT2D eigenvalue weighted by Gasteiger charge is 2.26. The van der Waals surface area contributed by atoms with Crippen molar-refractivity contribution in [2.45, 2.75) is 52.4 Å². The van der Waals surface area contributed by atoms with Crippen molar-refractivity contribution >= 4 is 51.7 Å². The number of thioether (sulfide) groups is 1. The van der Waals surface area contributed by atoms with Crippen molar-refractivity contribution in [1.29, 1.82) is 0 Å². The molecule has 0 saturated carbocycles. The van der Waals surface area contributed by atoms with Gasteiger partial charge in [0.2, 0.25) is 0 Å². The highest BCUT2D eigenvalue weighted by atomic mass is 32.2. The molecule has 1 amide bonds. The van der Waals surface area contributed by atoms with E-state index in [1.807, 2.05) is 36.4 Å². The molecule has 2 aromatic rings. The molecule has 0 radical (unpaired) electrons. The Morgan fingerprint density at radius 2 is 1.70 bits per heavy atom. The van der Waals surface area contributed by atoms with Gasteiger partial charge in [0.1, 0.15) is 10.1 Å². The van der Waals surface area contributed by atoms with Crippen molar-refractivity contribution in [2.75, 3.05) is 5.32 Å². The number of hydrogen-bond acceptors (Lipinski definition) is 5. The lowest BCUT2D eigenvalue weighted by Gasteiger charge is -2.28. The molecule has 0 atom stereocenters. The first-order chi connectivity index (χ1) is 13.9. The Morgan fingerprint density at radius 3 is 2.27 bits per heavy atom. The van der Waals surface area contributed by atoms with Crippen LogP contribution in [-0.4, -0.2) is 15.3 Å². The lowest BCUT2D eigenvalue weighted by atomic mass is 9.79. The van der Waals surface area contributed by atoms with Crippen molar-refractivity contribution in [3.05, 3.63) is 58.0 Å². The summed E-state index contributed by atoms with van der Waals surface area (Å²) in [5.41, 5.74) is 4.05. The summed E-state index contributed by atoms with van der Waals surface area (Å²) >= 11 is 6.34. The van der Waals surface area contributed by atoms with Gasteiger partial charge in [-0.25, -0.2) is 0 Å². The summed E-state index contributed by atoms with van der Waals surface area (Å²) in [7, 11) is 0. The summed E-state index contributed by atoms with van der Waals surface area (Å²) in [6.45, 7) is 12.8. The maximum Gasteiger partial charge on any atom is 0.263 e. The molecular weight excluding hydrogens is 412 g/mol. The highest BCUT2D eigenvalue weighted by molar-refractivity contribution is 8.26. The van der Waals surface area contributed by atoms with Crippen LogP contribution in [-0.2, 0) is 15.6 Å². The quantitative estimate of drug-likeness (QED) is 0.300. The number of phenols is 1. The van der Waals surface area contributed by atoms with E-state index in [-0.39, 0.29) is 22.5 Å². The van der Waals surface area contributed by atoms with Crippen molar-refractivity contribution in [1.82, 2.24) is 5.32 Å². The van der Waals surface area contributed by atoms with Gasteiger partial charge in [-0.05, 0) is 40.2 Å². The molecule has 1 saturated heterocycles. The highest BCUT2D eigenvalue weighted by Crippen LogP contribution is 2.42. The number of para-hydroxylation sites is 1. The molecule has 0 bridgehead atoms. The van der Waals surface area contributed by atoms with E-state index in [9.17, 15) is 9.90 Å². The Morgan fingerprint density at radius 1 is 1.03 bits per heavy atom. The third kappa shape index (κ3) is 4.87. The number of carbonyl (C=O) groups excluding carboxylic acids is 1. The van der Waals surface area contributed by atoms with Crippen LogP contribution in [0.15, 0.2) is 41.3 Å². The topological polar surface area (TPSA) is 61.4 Å². The van der Waals surface area contributed by atoms with E-state index >= 15 is 0 Å². The van der Waals surface area contributed by atoms with Crippen molar-refractivity contribution < 1.29 is 9.90 Å². The van der Waals surface area contributed by atoms with Crippen LogP contribution in [0.3, 0.4) is 0 Å². The Bertz CT molecular complexity index is 1040. The molecule has 3 rings (SSSR count). The smallest absolute Gasteiger partial charge is 0.263 e. The van der Waals surface area contributed by atoms with Gasteiger partial charge >= 0.3 is 0 Å². The molecule has 0 aliphatic carbocycles. The van der Waals surface area contributed by atoms with E-state index in [2.05, 4.69) is 58.2 Å². The minimum atomic E-state index is -0.211. The summed E-state index contributed by atoms with van der Waals surface area (Å²) < 4.78 is 0.460. The molecule has 0 aromatic heterocycles. The Balaban J connectivity index is 2.08. The largest absolute Gasteiger partial charge is 0.505 e. The average molecular weight is 441 g/mol. The van der Waals surface area contributed by atoms with Crippen molar-refractivity contribution in [2.24, 2.45) is 0 Å². The van der Waals surface area contributed by atoms with E-state index in [1.165, 1.54) is 11.8 Å². The molecule has 2 aromatic carbocycles. The summed E-state index contributed by atoms with van der Waals surface area (Å²) in [6.07, 6.45) is 1.82. The fraction of sp³-hybridized carbons (Fsp3) is 0.333. The number of phenolic OH excluding ortho intramolecular Hbond substituents is 1.